The monoisotopic (exact) mass is 368 g/mol. The lowest BCUT2D eigenvalue weighted by Crippen LogP contribution is -2.01. The van der Waals surface area contributed by atoms with Gasteiger partial charge in [0, 0.05) is 17.6 Å². The predicted molar refractivity (Wildman–Crippen MR) is 106 cm³/mol. The maximum atomic E-state index is 10.8. The van der Waals surface area contributed by atoms with Crippen molar-refractivity contribution in [2.75, 3.05) is 24.7 Å². The van der Waals surface area contributed by atoms with Crippen molar-refractivity contribution < 1.29 is 14.3 Å². The van der Waals surface area contributed by atoms with Crippen LogP contribution in [-0.2, 0) is 16.0 Å². The average molecular weight is 369 g/mol. The van der Waals surface area contributed by atoms with Gasteiger partial charge in [0.25, 0.3) is 0 Å². The second-order valence-corrected chi connectivity index (χ2v) is 7.96. The van der Waals surface area contributed by atoms with Gasteiger partial charge in [-0.3, -0.25) is 0 Å². The van der Waals surface area contributed by atoms with Crippen LogP contribution in [0.5, 0.6) is 5.75 Å². The summed E-state index contributed by atoms with van der Waals surface area (Å²) >= 11 is 0. The smallest absolute Gasteiger partial charge is 0.330 e. The molecule has 24 heavy (non-hydrogen) atoms. The van der Waals surface area contributed by atoms with E-state index < -0.39 is 0 Å². The van der Waals surface area contributed by atoms with Crippen LogP contribution in [0, 0.1) is 0 Å². The van der Waals surface area contributed by atoms with Crippen LogP contribution in [0.4, 0.5) is 0 Å². The molecule has 0 atom stereocenters. The van der Waals surface area contributed by atoms with E-state index in [2.05, 4.69) is 18.7 Å². The molecule has 0 radical (unpaired) electrons. The minimum atomic E-state index is -0.325. The molecule has 0 saturated carbocycles. The van der Waals surface area contributed by atoms with Crippen LogP contribution >= 0.6 is 21.6 Å². The van der Waals surface area contributed by atoms with Gasteiger partial charge in [-0.05, 0) is 43.9 Å². The quantitative estimate of drug-likeness (QED) is 0.193. The second-order valence-electron chi connectivity index (χ2n) is 5.26. The molecule has 1 aromatic carbocycles. The molecule has 1 aromatic rings. The Morgan fingerprint density at radius 1 is 1.08 bits per heavy atom. The molecular formula is C19H28O3S2. The summed E-state index contributed by atoms with van der Waals surface area (Å²) in [6.07, 6.45) is 6.77. The Labute approximate surface area is 154 Å². The molecule has 0 heterocycles. The fraction of sp³-hybridized carbons (Fsp3) is 0.526. The number of rotatable bonds is 14. The summed E-state index contributed by atoms with van der Waals surface area (Å²) in [6.45, 7) is 6.59. The summed E-state index contributed by atoms with van der Waals surface area (Å²) in [7, 11) is 3.89. The maximum absolute atomic E-state index is 10.8. The van der Waals surface area contributed by atoms with Crippen molar-refractivity contribution in [1.29, 1.82) is 0 Å². The molecule has 3 nitrogen and oxygen atoms in total. The Morgan fingerprint density at radius 2 is 1.79 bits per heavy atom. The van der Waals surface area contributed by atoms with E-state index in [9.17, 15) is 4.79 Å². The fourth-order valence-corrected chi connectivity index (χ4v) is 4.23. The molecule has 0 aromatic heterocycles. The first-order valence-electron chi connectivity index (χ1n) is 8.51. The summed E-state index contributed by atoms with van der Waals surface area (Å²) in [6, 6.07) is 8.39. The number of carbonyl (C=O) groups is 1. The topological polar surface area (TPSA) is 35.5 Å². The standard InChI is InChI=1S/C19H28O3S2/c1-3-19(20)22-14-7-5-6-8-15-23-24-16-13-17-9-11-18(12-10-17)21-4-2/h3,9-12H,1,4-8,13-16H2,2H3. The Hall–Kier alpha value is -1.07. The third kappa shape index (κ3) is 10.7. The van der Waals surface area contributed by atoms with Gasteiger partial charge in [-0.25, -0.2) is 4.79 Å². The van der Waals surface area contributed by atoms with E-state index in [4.69, 9.17) is 9.47 Å². The van der Waals surface area contributed by atoms with E-state index in [-0.39, 0.29) is 5.97 Å². The molecule has 0 amide bonds. The highest BCUT2D eigenvalue weighted by Crippen LogP contribution is 2.24. The lowest BCUT2D eigenvalue weighted by molar-refractivity contribution is -0.137. The molecule has 0 aliphatic rings. The van der Waals surface area contributed by atoms with Crippen molar-refractivity contribution in [1.82, 2.24) is 0 Å². The SMILES string of the molecule is C=CC(=O)OCCCCCCSSCCc1ccc(OCC)cc1. The first kappa shape index (κ1) is 21.0. The molecule has 0 bridgehead atoms. The van der Waals surface area contributed by atoms with Crippen molar-refractivity contribution in [3.05, 3.63) is 42.5 Å². The third-order valence-electron chi connectivity index (χ3n) is 3.32. The number of hydrogen-bond donors (Lipinski definition) is 0. The van der Waals surface area contributed by atoms with E-state index in [1.807, 2.05) is 40.6 Å². The van der Waals surface area contributed by atoms with E-state index in [1.165, 1.54) is 30.2 Å². The Kier molecular flexibility index (Phi) is 12.5. The zero-order valence-corrected chi connectivity index (χ0v) is 16.1. The highest BCUT2D eigenvalue weighted by atomic mass is 33.1. The van der Waals surface area contributed by atoms with Gasteiger partial charge in [-0.15, -0.1) is 0 Å². The zero-order chi connectivity index (χ0) is 17.5. The van der Waals surface area contributed by atoms with E-state index in [1.54, 1.807) is 0 Å². The van der Waals surface area contributed by atoms with Gasteiger partial charge in [0.2, 0.25) is 0 Å². The maximum Gasteiger partial charge on any atom is 0.330 e. The number of benzene rings is 1. The first-order chi connectivity index (χ1) is 11.8. The first-order valence-corrected chi connectivity index (χ1v) is 11.0. The average Bonchev–Trinajstić information content (AvgIpc) is 2.61. The molecular weight excluding hydrogens is 340 g/mol. The molecule has 0 unspecified atom stereocenters. The molecule has 134 valence electrons. The van der Waals surface area contributed by atoms with Crippen molar-refractivity contribution in [2.45, 2.75) is 39.0 Å². The number of esters is 1. The van der Waals surface area contributed by atoms with Crippen molar-refractivity contribution >= 4 is 27.6 Å². The largest absolute Gasteiger partial charge is 0.494 e. The van der Waals surface area contributed by atoms with Crippen LogP contribution in [0.25, 0.3) is 0 Å². The number of aryl methyl sites for hydroxylation is 1. The fourth-order valence-electron chi connectivity index (χ4n) is 2.04. The number of hydrogen-bond acceptors (Lipinski definition) is 5. The van der Waals surface area contributed by atoms with Gasteiger partial charge in [0.05, 0.1) is 13.2 Å². The highest BCUT2D eigenvalue weighted by molar-refractivity contribution is 8.76. The van der Waals surface area contributed by atoms with Gasteiger partial charge in [-0.2, -0.15) is 0 Å². The number of ether oxygens (including phenoxy) is 2. The zero-order valence-electron chi connectivity index (χ0n) is 14.5. The van der Waals surface area contributed by atoms with E-state index in [0.717, 1.165) is 30.8 Å². The molecule has 0 aliphatic heterocycles. The summed E-state index contributed by atoms with van der Waals surface area (Å²) in [5.41, 5.74) is 1.36. The van der Waals surface area contributed by atoms with Crippen LogP contribution in [0.3, 0.4) is 0 Å². The highest BCUT2D eigenvalue weighted by Gasteiger charge is 1.98. The third-order valence-corrected chi connectivity index (χ3v) is 5.82. The van der Waals surface area contributed by atoms with Gasteiger partial charge in [0.15, 0.2) is 0 Å². The second kappa shape index (κ2) is 14.3. The number of unbranched alkanes of at least 4 members (excludes halogenated alkanes) is 3. The molecule has 0 spiro atoms. The summed E-state index contributed by atoms with van der Waals surface area (Å²) < 4.78 is 10.4. The minimum absolute atomic E-state index is 0.325. The van der Waals surface area contributed by atoms with Crippen molar-refractivity contribution in [3.8, 4) is 5.75 Å². The molecule has 0 aliphatic carbocycles. The summed E-state index contributed by atoms with van der Waals surface area (Å²) in [5.74, 6) is 2.94. The van der Waals surface area contributed by atoms with Crippen LogP contribution in [0.1, 0.15) is 38.2 Å². The van der Waals surface area contributed by atoms with Crippen molar-refractivity contribution in [2.24, 2.45) is 0 Å². The molecule has 0 N–H and O–H groups in total. The van der Waals surface area contributed by atoms with Crippen LogP contribution < -0.4 is 4.74 Å². The lowest BCUT2D eigenvalue weighted by Gasteiger charge is -2.05. The predicted octanol–water partition coefficient (Wildman–Crippen LogP) is 5.30. The van der Waals surface area contributed by atoms with Gasteiger partial charge in [0.1, 0.15) is 5.75 Å². The Balaban J connectivity index is 1.90. The molecule has 0 fully saturated rings. The van der Waals surface area contributed by atoms with Crippen LogP contribution in [0.15, 0.2) is 36.9 Å². The van der Waals surface area contributed by atoms with E-state index in [0.29, 0.717) is 13.2 Å². The minimum Gasteiger partial charge on any atom is -0.494 e. The Morgan fingerprint density at radius 3 is 2.50 bits per heavy atom. The molecule has 5 heteroatoms. The Bertz CT molecular complexity index is 460. The van der Waals surface area contributed by atoms with Crippen LogP contribution in [0.2, 0.25) is 0 Å². The van der Waals surface area contributed by atoms with E-state index >= 15 is 0 Å². The molecule has 1 rings (SSSR count). The normalized spacial score (nSPS) is 10.4. The van der Waals surface area contributed by atoms with Gasteiger partial charge >= 0.3 is 5.97 Å². The number of carbonyl (C=O) groups excluding carboxylic acids is 1. The molecule has 0 saturated heterocycles. The van der Waals surface area contributed by atoms with Gasteiger partial charge in [-0.1, -0.05) is 53.1 Å². The van der Waals surface area contributed by atoms with Crippen LogP contribution in [-0.4, -0.2) is 30.7 Å². The lowest BCUT2D eigenvalue weighted by atomic mass is 10.2. The summed E-state index contributed by atoms with van der Waals surface area (Å²) in [5, 5.41) is 0. The van der Waals surface area contributed by atoms with Crippen molar-refractivity contribution in [3.63, 3.8) is 0 Å². The van der Waals surface area contributed by atoms with Gasteiger partial charge < -0.3 is 9.47 Å². The summed E-state index contributed by atoms with van der Waals surface area (Å²) in [4.78, 5) is 10.8.